The van der Waals surface area contributed by atoms with Crippen molar-refractivity contribution in [3.05, 3.63) is 69.5 Å². The van der Waals surface area contributed by atoms with Gasteiger partial charge in [-0.25, -0.2) is 0 Å². The Morgan fingerprint density at radius 2 is 2.05 bits per heavy atom. The van der Waals surface area contributed by atoms with Crippen LogP contribution in [0.25, 0.3) is 0 Å². The Morgan fingerprint density at radius 1 is 1.27 bits per heavy atom. The van der Waals surface area contributed by atoms with E-state index in [-0.39, 0.29) is 11.8 Å². The predicted molar refractivity (Wildman–Crippen MR) is 86.4 cm³/mol. The molecule has 4 nitrogen and oxygen atoms in total. The summed E-state index contributed by atoms with van der Waals surface area (Å²) in [6.07, 6.45) is 0. The summed E-state index contributed by atoms with van der Waals surface area (Å²) >= 11 is 3.48. The number of nitriles is 1. The molecule has 0 spiro atoms. The van der Waals surface area contributed by atoms with Gasteiger partial charge in [0.1, 0.15) is 23.1 Å². The van der Waals surface area contributed by atoms with E-state index in [9.17, 15) is 5.26 Å². The Morgan fingerprint density at radius 3 is 2.73 bits per heavy atom. The Bertz CT molecular complexity index is 809. The average molecular weight is 357 g/mol. The van der Waals surface area contributed by atoms with Gasteiger partial charge in [-0.15, -0.1) is 0 Å². The molecule has 110 valence electrons. The van der Waals surface area contributed by atoms with E-state index < -0.39 is 0 Å². The fourth-order valence-electron chi connectivity index (χ4n) is 2.61. The topological polar surface area (TPSA) is 68.3 Å². The molecular formula is C17H13BrN2O2. The summed E-state index contributed by atoms with van der Waals surface area (Å²) in [7, 11) is 1.61. The van der Waals surface area contributed by atoms with Crippen LogP contribution in [0.4, 0.5) is 0 Å². The number of ether oxygens (including phenoxy) is 2. The fraction of sp³-hybridized carbons (Fsp3) is 0.118. The van der Waals surface area contributed by atoms with E-state index in [4.69, 9.17) is 15.2 Å². The van der Waals surface area contributed by atoms with Gasteiger partial charge >= 0.3 is 0 Å². The molecule has 3 rings (SSSR count). The molecule has 0 saturated carbocycles. The van der Waals surface area contributed by atoms with Crippen molar-refractivity contribution in [3.63, 3.8) is 0 Å². The van der Waals surface area contributed by atoms with Crippen molar-refractivity contribution in [3.8, 4) is 17.6 Å². The molecule has 0 unspecified atom stereocenters. The van der Waals surface area contributed by atoms with Gasteiger partial charge in [0.05, 0.1) is 17.5 Å². The van der Waals surface area contributed by atoms with Crippen molar-refractivity contribution in [1.29, 1.82) is 5.26 Å². The average Bonchev–Trinajstić information content (AvgIpc) is 2.53. The Kier molecular flexibility index (Phi) is 3.78. The number of para-hydroxylation sites is 1. The van der Waals surface area contributed by atoms with E-state index in [1.165, 1.54) is 0 Å². The molecule has 0 saturated heterocycles. The van der Waals surface area contributed by atoms with E-state index in [0.717, 1.165) is 21.3 Å². The van der Waals surface area contributed by atoms with E-state index in [0.29, 0.717) is 11.3 Å². The minimum atomic E-state index is -0.253. The van der Waals surface area contributed by atoms with E-state index >= 15 is 0 Å². The minimum absolute atomic E-state index is 0.151. The zero-order valence-electron chi connectivity index (χ0n) is 11.8. The first-order valence-corrected chi connectivity index (χ1v) is 7.45. The van der Waals surface area contributed by atoms with Crippen LogP contribution < -0.4 is 15.2 Å². The number of fused-ring (bicyclic) bond motifs is 1. The van der Waals surface area contributed by atoms with Gasteiger partial charge in [0.2, 0.25) is 5.88 Å². The van der Waals surface area contributed by atoms with Crippen LogP contribution in [0.15, 0.2) is 58.4 Å². The van der Waals surface area contributed by atoms with Crippen LogP contribution in [0, 0.1) is 11.3 Å². The van der Waals surface area contributed by atoms with Crippen LogP contribution in [0.3, 0.4) is 0 Å². The first-order valence-electron chi connectivity index (χ1n) is 6.65. The molecule has 0 aromatic heterocycles. The highest BCUT2D eigenvalue weighted by Crippen LogP contribution is 2.43. The van der Waals surface area contributed by atoms with Crippen molar-refractivity contribution in [2.45, 2.75) is 5.92 Å². The maximum Gasteiger partial charge on any atom is 0.205 e. The van der Waals surface area contributed by atoms with Gasteiger partial charge in [0, 0.05) is 5.56 Å². The SMILES string of the molecule is COc1ccc([C@H]2C(C#N)=C(N)Oc3ccccc32)cc1Br. The summed E-state index contributed by atoms with van der Waals surface area (Å²) in [4.78, 5) is 0. The van der Waals surface area contributed by atoms with Crippen molar-refractivity contribution < 1.29 is 9.47 Å². The molecular weight excluding hydrogens is 344 g/mol. The van der Waals surface area contributed by atoms with E-state index in [1.54, 1.807) is 7.11 Å². The lowest BCUT2D eigenvalue weighted by atomic mass is 9.83. The highest BCUT2D eigenvalue weighted by atomic mass is 79.9. The van der Waals surface area contributed by atoms with Crippen LogP contribution >= 0.6 is 15.9 Å². The molecule has 0 aliphatic carbocycles. The molecule has 5 heteroatoms. The first kappa shape index (κ1) is 14.5. The third-order valence-electron chi connectivity index (χ3n) is 3.63. The second-order valence-corrected chi connectivity index (χ2v) is 5.71. The molecule has 0 radical (unpaired) electrons. The van der Waals surface area contributed by atoms with Gasteiger partial charge in [0.25, 0.3) is 0 Å². The summed E-state index contributed by atoms with van der Waals surface area (Å²) in [5.74, 6) is 1.31. The third kappa shape index (κ3) is 2.32. The minimum Gasteiger partial charge on any atom is -0.496 e. The molecule has 1 aliphatic rings. The number of benzene rings is 2. The van der Waals surface area contributed by atoms with Crippen molar-refractivity contribution in [1.82, 2.24) is 0 Å². The molecule has 1 atom stereocenters. The van der Waals surface area contributed by atoms with Crippen LogP contribution in [0.2, 0.25) is 0 Å². The monoisotopic (exact) mass is 356 g/mol. The first-order chi connectivity index (χ1) is 10.7. The summed E-state index contributed by atoms with van der Waals surface area (Å²) in [6.45, 7) is 0. The van der Waals surface area contributed by atoms with Crippen molar-refractivity contribution >= 4 is 15.9 Å². The molecule has 1 heterocycles. The van der Waals surface area contributed by atoms with E-state index in [1.807, 2.05) is 42.5 Å². The number of halogens is 1. The largest absolute Gasteiger partial charge is 0.496 e. The predicted octanol–water partition coefficient (Wildman–Crippen LogP) is 3.68. The molecule has 2 aromatic rings. The summed E-state index contributed by atoms with van der Waals surface area (Å²) < 4.78 is 11.6. The number of allylic oxidation sites excluding steroid dienone is 1. The zero-order valence-corrected chi connectivity index (χ0v) is 13.4. The fourth-order valence-corrected chi connectivity index (χ4v) is 3.17. The van der Waals surface area contributed by atoms with Crippen LogP contribution in [-0.4, -0.2) is 7.11 Å². The standard InChI is InChI=1S/C17H13BrN2O2/c1-21-15-7-6-10(8-13(15)18)16-11-4-2-3-5-14(11)22-17(20)12(16)9-19/h2-8,16H,20H2,1H3/t16-/m1/s1. The van der Waals surface area contributed by atoms with Crippen molar-refractivity contribution in [2.75, 3.05) is 7.11 Å². The van der Waals surface area contributed by atoms with Crippen LogP contribution in [-0.2, 0) is 0 Å². The van der Waals surface area contributed by atoms with Gasteiger partial charge in [-0.1, -0.05) is 24.3 Å². The molecule has 22 heavy (non-hydrogen) atoms. The highest BCUT2D eigenvalue weighted by molar-refractivity contribution is 9.10. The number of hydrogen-bond donors (Lipinski definition) is 1. The maximum absolute atomic E-state index is 9.48. The van der Waals surface area contributed by atoms with E-state index in [2.05, 4.69) is 22.0 Å². The van der Waals surface area contributed by atoms with Gasteiger partial charge in [0.15, 0.2) is 0 Å². The second-order valence-electron chi connectivity index (χ2n) is 4.86. The van der Waals surface area contributed by atoms with Gasteiger partial charge in [-0.2, -0.15) is 5.26 Å². The Labute approximate surface area is 136 Å². The summed E-state index contributed by atoms with van der Waals surface area (Å²) in [5.41, 5.74) is 8.21. The lowest BCUT2D eigenvalue weighted by Crippen LogP contribution is -2.20. The quantitative estimate of drug-likeness (QED) is 0.890. The number of hydrogen-bond acceptors (Lipinski definition) is 4. The van der Waals surface area contributed by atoms with Crippen molar-refractivity contribution in [2.24, 2.45) is 5.73 Å². The maximum atomic E-state index is 9.48. The normalized spacial score (nSPS) is 16.5. The van der Waals surface area contributed by atoms with Gasteiger partial charge in [-0.3, -0.25) is 0 Å². The summed E-state index contributed by atoms with van der Waals surface area (Å²) in [6, 6.07) is 15.5. The molecule has 2 aromatic carbocycles. The number of nitrogens with two attached hydrogens (primary N) is 1. The molecule has 2 N–H and O–H groups in total. The smallest absolute Gasteiger partial charge is 0.205 e. The number of rotatable bonds is 2. The van der Waals surface area contributed by atoms with Crippen LogP contribution in [0.5, 0.6) is 11.5 Å². The number of methoxy groups -OCH3 is 1. The lowest BCUT2D eigenvalue weighted by molar-refractivity contribution is 0.393. The summed E-state index contributed by atoms with van der Waals surface area (Å²) in [5, 5.41) is 9.48. The number of nitrogens with zero attached hydrogens (tertiary/aromatic N) is 1. The molecule has 1 aliphatic heterocycles. The Hall–Kier alpha value is -2.45. The zero-order chi connectivity index (χ0) is 15.7. The van der Waals surface area contributed by atoms with Gasteiger partial charge < -0.3 is 15.2 Å². The Balaban J connectivity index is 2.19. The lowest BCUT2D eigenvalue weighted by Gasteiger charge is -2.26. The molecule has 0 bridgehead atoms. The second kappa shape index (κ2) is 5.74. The van der Waals surface area contributed by atoms with Crippen LogP contribution in [0.1, 0.15) is 17.0 Å². The third-order valence-corrected chi connectivity index (χ3v) is 4.25. The highest BCUT2D eigenvalue weighted by Gasteiger charge is 2.30. The molecule has 0 fully saturated rings. The molecule has 0 amide bonds. The van der Waals surface area contributed by atoms with Gasteiger partial charge in [-0.05, 0) is 39.7 Å².